The number of carboxylic acids is 1. The zero-order chi connectivity index (χ0) is 19.0. The lowest BCUT2D eigenvalue weighted by atomic mass is 10.1. The molecular weight excluding hydrogens is 328 g/mol. The number of carboxylic acid groups (broad SMARTS) is 1. The third-order valence-electron chi connectivity index (χ3n) is 3.06. The molecule has 0 saturated carbocycles. The Hall–Kier alpha value is -2.77. The molecule has 3 N–H and O–H groups in total. The maximum Gasteiger partial charge on any atom is 0.341 e. The van der Waals surface area contributed by atoms with E-state index in [-0.39, 0.29) is 29.9 Å². The van der Waals surface area contributed by atoms with Crippen molar-refractivity contribution in [3.05, 3.63) is 23.8 Å². The summed E-state index contributed by atoms with van der Waals surface area (Å²) in [7, 11) is 0. The highest BCUT2D eigenvalue weighted by atomic mass is 16.5. The Morgan fingerprint density at radius 2 is 1.88 bits per heavy atom. The van der Waals surface area contributed by atoms with Crippen LogP contribution < -0.4 is 15.2 Å². The number of carbonyl (C=O) groups is 3. The molecule has 8 heteroatoms. The lowest BCUT2D eigenvalue weighted by Gasteiger charge is -2.23. The van der Waals surface area contributed by atoms with E-state index in [1.54, 1.807) is 6.92 Å². The highest BCUT2D eigenvalue weighted by Crippen LogP contribution is 2.29. The molecular formula is C17H24N2O6. The van der Waals surface area contributed by atoms with E-state index >= 15 is 0 Å². The number of hydrogen-bond donors (Lipinski definition) is 2. The third-order valence-corrected chi connectivity index (χ3v) is 3.06. The van der Waals surface area contributed by atoms with Crippen LogP contribution in [0.3, 0.4) is 0 Å². The molecule has 0 unspecified atom stereocenters. The molecule has 0 radical (unpaired) electrons. The predicted octanol–water partition coefficient (Wildman–Crippen LogP) is 1.13. The van der Waals surface area contributed by atoms with Crippen molar-refractivity contribution in [2.75, 3.05) is 26.3 Å². The molecule has 0 aromatic heterocycles. The van der Waals surface area contributed by atoms with Gasteiger partial charge in [-0.25, -0.2) is 4.79 Å². The summed E-state index contributed by atoms with van der Waals surface area (Å²) >= 11 is 0. The summed E-state index contributed by atoms with van der Waals surface area (Å²) < 4.78 is 10.6. The maximum absolute atomic E-state index is 12.7. The number of rotatable bonds is 10. The van der Waals surface area contributed by atoms with Gasteiger partial charge in [0.15, 0.2) is 18.1 Å². The van der Waals surface area contributed by atoms with Crippen LogP contribution in [-0.2, 0) is 9.59 Å². The molecule has 0 atom stereocenters. The van der Waals surface area contributed by atoms with Crippen molar-refractivity contribution in [3.63, 3.8) is 0 Å². The average molecular weight is 352 g/mol. The van der Waals surface area contributed by atoms with Gasteiger partial charge in [0.05, 0.1) is 13.2 Å². The first-order valence-electron chi connectivity index (χ1n) is 7.93. The Kier molecular flexibility index (Phi) is 7.71. The van der Waals surface area contributed by atoms with E-state index in [4.69, 9.17) is 20.3 Å². The lowest BCUT2D eigenvalue weighted by Crippen LogP contribution is -2.40. The number of amides is 2. The van der Waals surface area contributed by atoms with Gasteiger partial charge in [0.2, 0.25) is 5.91 Å². The van der Waals surface area contributed by atoms with Crippen molar-refractivity contribution in [1.29, 1.82) is 0 Å². The van der Waals surface area contributed by atoms with Crippen LogP contribution in [-0.4, -0.2) is 54.1 Å². The number of nitrogens with zero attached hydrogens (tertiary/aromatic N) is 1. The van der Waals surface area contributed by atoms with Crippen molar-refractivity contribution in [3.8, 4) is 11.5 Å². The topological polar surface area (TPSA) is 119 Å². The molecule has 0 aliphatic carbocycles. The molecule has 0 fully saturated rings. The average Bonchev–Trinajstić information content (AvgIpc) is 2.51. The summed E-state index contributed by atoms with van der Waals surface area (Å²) in [6.07, 6.45) is 0. The van der Waals surface area contributed by atoms with Gasteiger partial charge >= 0.3 is 5.97 Å². The van der Waals surface area contributed by atoms with Gasteiger partial charge in [0.25, 0.3) is 5.91 Å². The molecule has 0 aliphatic rings. The van der Waals surface area contributed by atoms with E-state index < -0.39 is 18.5 Å². The number of hydrogen-bond acceptors (Lipinski definition) is 5. The van der Waals surface area contributed by atoms with Gasteiger partial charge in [-0.15, -0.1) is 0 Å². The van der Waals surface area contributed by atoms with Crippen LogP contribution in [0.5, 0.6) is 11.5 Å². The summed E-state index contributed by atoms with van der Waals surface area (Å²) in [6, 6.07) is 4.44. The van der Waals surface area contributed by atoms with Crippen LogP contribution in [0.15, 0.2) is 18.2 Å². The number of aliphatic carboxylic acids is 1. The molecule has 0 heterocycles. The van der Waals surface area contributed by atoms with E-state index in [2.05, 4.69) is 0 Å². The molecule has 138 valence electrons. The Morgan fingerprint density at radius 1 is 1.20 bits per heavy atom. The fraction of sp³-hybridized carbons (Fsp3) is 0.471. The van der Waals surface area contributed by atoms with Crippen LogP contribution >= 0.6 is 0 Å². The third kappa shape index (κ3) is 6.70. The van der Waals surface area contributed by atoms with Gasteiger partial charge in [0, 0.05) is 12.1 Å². The first kappa shape index (κ1) is 20.3. The second-order valence-electron chi connectivity index (χ2n) is 5.82. The van der Waals surface area contributed by atoms with E-state index in [1.165, 1.54) is 23.1 Å². The predicted molar refractivity (Wildman–Crippen MR) is 90.7 cm³/mol. The number of carbonyl (C=O) groups excluding carboxylic acids is 2. The monoisotopic (exact) mass is 352 g/mol. The van der Waals surface area contributed by atoms with Crippen molar-refractivity contribution < 1.29 is 29.0 Å². The fourth-order valence-corrected chi connectivity index (χ4v) is 2.20. The Labute approximate surface area is 146 Å². The molecule has 1 rings (SSSR count). The Balaban J connectivity index is 3.08. The van der Waals surface area contributed by atoms with Crippen molar-refractivity contribution in [2.24, 2.45) is 11.7 Å². The first-order valence-corrected chi connectivity index (χ1v) is 7.93. The molecule has 0 aliphatic heterocycles. The summed E-state index contributed by atoms with van der Waals surface area (Å²) in [6.45, 7) is 5.60. The van der Waals surface area contributed by atoms with Crippen LogP contribution in [0.4, 0.5) is 0 Å². The minimum absolute atomic E-state index is 0.160. The fourth-order valence-electron chi connectivity index (χ4n) is 2.20. The molecule has 0 saturated heterocycles. The van der Waals surface area contributed by atoms with E-state index in [0.717, 1.165) is 0 Å². The van der Waals surface area contributed by atoms with Crippen LogP contribution in [0, 0.1) is 5.92 Å². The minimum Gasteiger partial charge on any atom is -0.490 e. The number of primary amides is 1. The van der Waals surface area contributed by atoms with Gasteiger partial charge in [-0.05, 0) is 31.0 Å². The molecule has 25 heavy (non-hydrogen) atoms. The summed E-state index contributed by atoms with van der Waals surface area (Å²) in [4.78, 5) is 35.9. The molecule has 1 aromatic carbocycles. The van der Waals surface area contributed by atoms with E-state index in [1.807, 2.05) is 13.8 Å². The van der Waals surface area contributed by atoms with Gasteiger partial charge < -0.3 is 25.2 Å². The normalized spacial score (nSPS) is 10.4. The minimum atomic E-state index is -1.12. The molecule has 2 amide bonds. The van der Waals surface area contributed by atoms with Gasteiger partial charge in [-0.3, -0.25) is 9.59 Å². The quantitative estimate of drug-likeness (QED) is 0.651. The van der Waals surface area contributed by atoms with Gasteiger partial charge in [-0.1, -0.05) is 13.8 Å². The lowest BCUT2D eigenvalue weighted by molar-refractivity contribution is -0.139. The van der Waals surface area contributed by atoms with Crippen molar-refractivity contribution in [1.82, 2.24) is 4.90 Å². The zero-order valence-electron chi connectivity index (χ0n) is 14.7. The smallest absolute Gasteiger partial charge is 0.341 e. The van der Waals surface area contributed by atoms with Gasteiger partial charge in [0.1, 0.15) is 0 Å². The zero-order valence-corrected chi connectivity index (χ0v) is 14.7. The molecule has 0 bridgehead atoms. The number of ether oxygens (including phenoxy) is 2. The molecule has 0 spiro atoms. The summed E-state index contributed by atoms with van der Waals surface area (Å²) in [5, 5.41) is 8.71. The molecule has 1 aromatic rings. The van der Waals surface area contributed by atoms with Gasteiger partial charge in [-0.2, -0.15) is 0 Å². The van der Waals surface area contributed by atoms with E-state index in [9.17, 15) is 14.4 Å². The number of benzene rings is 1. The van der Waals surface area contributed by atoms with Crippen LogP contribution in [0.1, 0.15) is 31.1 Å². The second kappa shape index (κ2) is 9.51. The van der Waals surface area contributed by atoms with Crippen molar-refractivity contribution >= 4 is 17.8 Å². The van der Waals surface area contributed by atoms with Crippen molar-refractivity contribution in [2.45, 2.75) is 20.8 Å². The first-order chi connectivity index (χ1) is 11.7. The number of nitrogens with two attached hydrogens (primary N) is 1. The maximum atomic E-state index is 12.7. The summed E-state index contributed by atoms with van der Waals surface area (Å²) in [5.74, 6) is -1.43. The highest BCUT2D eigenvalue weighted by molar-refractivity contribution is 5.97. The highest BCUT2D eigenvalue weighted by Gasteiger charge is 2.20. The Bertz CT molecular complexity index is 630. The molecule has 8 nitrogen and oxygen atoms in total. The summed E-state index contributed by atoms with van der Waals surface area (Å²) in [5.41, 5.74) is 5.52. The van der Waals surface area contributed by atoms with Crippen LogP contribution in [0.25, 0.3) is 0 Å². The second-order valence-corrected chi connectivity index (χ2v) is 5.82. The van der Waals surface area contributed by atoms with Crippen LogP contribution in [0.2, 0.25) is 0 Å². The largest absolute Gasteiger partial charge is 0.490 e. The van der Waals surface area contributed by atoms with E-state index in [0.29, 0.717) is 18.7 Å². The Morgan fingerprint density at radius 3 is 2.40 bits per heavy atom. The SMILES string of the molecule is CCOc1cc(C(=O)N(CC(N)=O)CC(C)C)ccc1OCC(=O)O. The standard InChI is InChI=1S/C17H24N2O6/c1-4-24-14-7-12(5-6-13(14)25-10-16(21)22)17(23)19(8-11(2)3)9-15(18)20/h5-7,11H,4,8-10H2,1-3H3,(H2,18,20)(H,21,22).